The van der Waals surface area contributed by atoms with Crippen LogP contribution in [0.25, 0.3) is 10.2 Å². The predicted octanol–water partition coefficient (Wildman–Crippen LogP) is 5.07. The molecule has 0 spiro atoms. The second-order valence-electron chi connectivity index (χ2n) is 9.02. The predicted molar refractivity (Wildman–Crippen MR) is 146 cm³/mol. The summed E-state index contributed by atoms with van der Waals surface area (Å²) >= 11 is 1.40. The molecule has 4 aromatic rings. The Morgan fingerprint density at radius 2 is 2.03 bits per heavy atom. The molecule has 0 unspecified atom stereocenters. The summed E-state index contributed by atoms with van der Waals surface area (Å²) in [5.74, 6) is 1.34. The largest absolute Gasteiger partial charge is 0.493 e. The lowest BCUT2D eigenvalue weighted by atomic mass is 10.2. The minimum absolute atomic E-state index is 0.0766. The SMILES string of the molecule is COc1ccc(CNc2cc3nc(N[C@@H](C)c4ccccn4)nc(C(=O)N4CC[C@@H](F)C4)c3s2)cc1OC. The van der Waals surface area contributed by atoms with Crippen molar-refractivity contribution in [3.8, 4) is 11.5 Å². The fraction of sp³-hybridized carbons (Fsp3) is 0.333. The molecule has 1 fully saturated rings. The molecule has 5 rings (SSSR count). The van der Waals surface area contributed by atoms with Gasteiger partial charge in [-0.2, -0.15) is 0 Å². The van der Waals surface area contributed by atoms with Gasteiger partial charge >= 0.3 is 0 Å². The molecule has 1 amide bonds. The zero-order valence-electron chi connectivity index (χ0n) is 21.4. The summed E-state index contributed by atoms with van der Waals surface area (Å²) < 4.78 is 25.3. The molecule has 0 radical (unpaired) electrons. The Kier molecular flexibility index (Phi) is 7.54. The second-order valence-corrected chi connectivity index (χ2v) is 10.1. The molecule has 2 N–H and O–H groups in total. The number of alkyl halides is 1. The molecule has 9 nitrogen and oxygen atoms in total. The molecule has 1 aliphatic heterocycles. The number of nitrogens with one attached hydrogen (secondary N) is 2. The van der Waals surface area contributed by atoms with Crippen LogP contribution in [-0.4, -0.2) is 59.2 Å². The van der Waals surface area contributed by atoms with Crippen LogP contribution >= 0.6 is 11.3 Å². The summed E-state index contributed by atoms with van der Waals surface area (Å²) in [6.45, 7) is 2.93. The van der Waals surface area contributed by atoms with E-state index in [1.807, 2.05) is 49.4 Å². The Morgan fingerprint density at radius 3 is 2.74 bits per heavy atom. The molecule has 1 aromatic carbocycles. The van der Waals surface area contributed by atoms with E-state index in [0.29, 0.717) is 47.2 Å². The Morgan fingerprint density at radius 1 is 1.18 bits per heavy atom. The zero-order valence-corrected chi connectivity index (χ0v) is 22.2. The molecule has 198 valence electrons. The van der Waals surface area contributed by atoms with Gasteiger partial charge in [0, 0.05) is 19.3 Å². The molecular formula is C27H29FN6O3S. The first-order valence-electron chi connectivity index (χ1n) is 12.3. The van der Waals surface area contributed by atoms with Crippen molar-refractivity contribution in [2.75, 3.05) is 37.9 Å². The number of nitrogens with zero attached hydrogens (tertiary/aromatic N) is 4. The number of carbonyl (C=O) groups is 1. The van der Waals surface area contributed by atoms with Crippen molar-refractivity contribution in [3.63, 3.8) is 0 Å². The Labute approximate surface area is 224 Å². The monoisotopic (exact) mass is 536 g/mol. The average molecular weight is 537 g/mol. The van der Waals surface area contributed by atoms with Crippen molar-refractivity contribution >= 4 is 38.4 Å². The van der Waals surface area contributed by atoms with E-state index in [1.54, 1.807) is 20.4 Å². The normalized spacial score (nSPS) is 15.9. The summed E-state index contributed by atoms with van der Waals surface area (Å²) in [7, 11) is 3.20. The van der Waals surface area contributed by atoms with E-state index < -0.39 is 6.17 Å². The van der Waals surface area contributed by atoms with Gasteiger partial charge in [0.05, 0.1) is 47.7 Å². The van der Waals surface area contributed by atoms with Crippen LogP contribution in [-0.2, 0) is 6.54 Å². The molecule has 11 heteroatoms. The summed E-state index contributed by atoms with van der Waals surface area (Å²) in [6, 6.07) is 13.1. The number of methoxy groups -OCH3 is 2. The van der Waals surface area contributed by atoms with Crippen molar-refractivity contribution in [2.24, 2.45) is 0 Å². The lowest BCUT2D eigenvalue weighted by Gasteiger charge is -2.17. The van der Waals surface area contributed by atoms with E-state index in [0.717, 1.165) is 16.3 Å². The van der Waals surface area contributed by atoms with Gasteiger partial charge in [0.15, 0.2) is 17.2 Å². The van der Waals surface area contributed by atoms with Gasteiger partial charge in [-0.3, -0.25) is 9.78 Å². The number of pyridine rings is 1. The highest BCUT2D eigenvalue weighted by molar-refractivity contribution is 7.23. The minimum Gasteiger partial charge on any atom is -0.493 e. The van der Waals surface area contributed by atoms with Crippen LogP contribution in [0, 0.1) is 0 Å². The fourth-order valence-electron chi connectivity index (χ4n) is 4.36. The van der Waals surface area contributed by atoms with Gasteiger partial charge in [-0.05, 0) is 49.2 Å². The number of benzene rings is 1. The number of carbonyl (C=O) groups excluding carboxylic acids is 1. The van der Waals surface area contributed by atoms with Crippen molar-refractivity contribution in [3.05, 3.63) is 65.6 Å². The van der Waals surface area contributed by atoms with Gasteiger partial charge in [0.1, 0.15) is 6.17 Å². The first-order chi connectivity index (χ1) is 18.4. The van der Waals surface area contributed by atoms with Crippen LogP contribution in [0.5, 0.6) is 11.5 Å². The summed E-state index contributed by atoms with van der Waals surface area (Å²) in [4.78, 5) is 28.6. The number of anilines is 2. The highest BCUT2D eigenvalue weighted by Gasteiger charge is 2.30. The number of hydrogen-bond donors (Lipinski definition) is 2. The van der Waals surface area contributed by atoms with Crippen molar-refractivity contribution in [1.82, 2.24) is 19.9 Å². The van der Waals surface area contributed by atoms with E-state index in [4.69, 9.17) is 14.5 Å². The molecule has 1 aliphatic rings. The summed E-state index contributed by atoms with van der Waals surface area (Å²) in [6.07, 6.45) is 1.05. The van der Waals surface area contributed by atoms with E-state index in [1.165, 1.54) is 16.2 Å². The molecule has 0 aliphatic carbocycles. The van der Waals surface area contributed by atoms with Crippen LogP contribution in [0.4, 0.5) is 15.3 Å². The number of aromatic nitrogens is 3. The number of likely N-dealkylation sites (tertiary alicyclic amines) is 1. The van der Waals surface area contributed by atoms with Gasteiger partial charge < -0.3 is 25.0 Å². The zero-order chi connectivity index (χ0) is 26.6. The molecular weight excluding hydrogens is 507 g/mol. The Hall–Kier alpha value is -3.99. The maximum Gasteiger partial charge on any atom is 0.274 e. The van der Waals surface area contributed by atoms with Gasteiger partial charge in [-0.25, -0.2) is 14.4 Å². The third-order valence-corrected chi connectivity index (χ3v) is 7.47. The number of thiophene rings is 1. The first kappa shape index (κ1) is 25.7. The molecule has 1 saturated heterocycles. The third kappa shape index (κ3) is 5.47. The van der Waals surface area contributed by atoms with Gasteiger partial charge in [0.2, 0.25) is 5.95 Å². The lowest BCUT2D eigenvalue weighted by Crippen LogP contribution is -2.30. The minimum atomic E-state index is -1.01. The van der Waals surface area contributed by atoms with Crippen molar-refractivity contribution < 1.29 is 18.7 Å². The van der Waals surface area contributed by atoms with Gasteiger partial charge in [-0.15, -0.1) is 11.3 Å². The number of amides is 1. The summed E-state index contributed by atoms with van der Waals surface area (Å²) in [5, 5.41) is 7.50. The van der Waals surface area contributed by atoms with Crippen LogP contribution in [0.2, 0.25) is 0 Å². The second kappa shape index (κ2) is 11.2. The highest BCUT2D eigenvalue weighted by Crippen LogP contribution is 2.34. The van der Waals surface area contributed by atoms with Crippen molar-refractivity contribution in [2.45, 2.75) is 32.1 Å². The smallest absolute Gasteiger partial charge is 0.274 e. The standard InChI is InChI=1S/C27H29FN6O3S/c1-16(19-6-4-5-10-29-19)31-27-32-20-13-23(30-14-17-7-8-21(36-2)22(12-17)37-3)38-25(20)24(33-27)26(35)34-11-9-18(28)15-34/h4-8,10,12-13,16,18,30H,9,11,14-15H2,1-3H3,(H,31,32,33)/t16-,18+/m0/s1. The Bertz CT molecular complexity index is 1430. The maximum atomic E-state index is 13.9. The molecule has 0 saturated carbocycles. The molecule has 4 heterocycles. The number of ether oxygens (including phenoxy) is 2. The van der Waals surface area contributed by atoms with E-state index in [9.17, 15) is 9.18 Å². The molecule has 38 heavy (non-hydrogen) atoms. The van der Waals surface area contributed by atoms with Crippen LogP contribution < -0.4 is 20.1 Å². The average Bonchev–Trinajstić information content (AvgIpc) is 3.57. The maximum absolute atomic E-state index is 13.9. The topological polar surface area (TPSA) is 102 Å². The quantitative estimate of drug-likeness (QED) is 0.306. The van der Waals surface area contributed by atoms with Gasteiger partial charge in [-0.1, -0.05) is 12.1 Å². The fourth-order valence-corrected chi connectivity index (χ4v) is 5.33. The van der Waals surface area contributed by atoms with Crippen molar-refractivity contribution in [1.29, 1.82) is 0 Å². The lowest BCUT2D eigenvalue weighted by molar-refractivity contribution is 0.0779. The number of halogens is 1. The van der Waals surface area contributed by atoms with E-state index in [-0.39, 0.29) is 24.2 Å². The first-order valence-corrected chi connectivity index (χ1v) is 13.1. The van der Waals surface area contributed by atoms with E-state index >= 15 is 0 Å². The number of fused-ring (bicyclic) bond motifs is 1. The molecule has 2 atom stereocenters. The van der Waals surface area contributed by atoms with Crippen LogP contribution in [0.1, 0.15) is 41.1 Å². The number of hydrogen-bond acceptors (Lipinski definition) is 9. The third-order valence-electron chi connectivity index (χ3n) is 6.38. The van der Waals surface area contributed by atoms with E-state index in [2.05, 4.69) is 20.6 Å². The van der Waals surface area contributed by atoms with Gasteiger partial charge in [0.25, 0.3) is 5.91 Å². The summed E-state index contributed by atoms with van der Waals surface area (Å²) in [5.41, 5.74) is 2.73. The van der Waals surface area contributed by atoms with Crippen LogP contribution in [0.15, 0.2) is 48.7 Å². The molecule has 0 bridgehead atoms. The Balaban J connectivity index is 1.44. The number of rotatable bonds is 9. The highest BCUT2D eigenvalue weighted by atomic mass is 32.1. The molecule has 3 aromatic heterocycles. The van der Waals surface area contributed by atoms with Crippen LogP contribution in [0.3, 0.4) is 0 Å².